The third-order valence-electron chi connectivity index (χ3n) is 3.28. The Hall–Kier alpha value is -2.21. The van der Waals surface area contributed by atoms with Crippen molar-refractivity contribution in [3.8, 4) is 5.82 Å². The van der Waals surface area contributed by atoms with Crippen LogP contribution in [0.4, 0.5) is 5.69 Å². The molecule has 2 heterocycles. The van der Waals surface area contributed by atoms with Gasteiger partial charge in [-0.2, -0.15) is 0 Å². The van der Waals surface area contributed by atoms with Crippen molar-refractivity contribution in [1.29, 1.82) is 0 Å². The number of nitrogens with zero attached hydrogens (tertiary/aromatic N) is 3. The maximum absolute atomic E-state index is 12.2. The average Bonchev–Trinajstić information content (AvgIpc) is 2.85. The number of aryl methyl sites for hydroxylation is 1. The Balaban J connectivity index is 2.35. The first-order valence-corrected chi connectivity index (χ1v) is 6.41. The van der Waals surface area contributed by atoms with Crippen molar-refractivity contribution in [2.24, 2.45) is 0 Å². The first-order valence-electron chi connectivity index (χ1n) is 6.41. The zero-order valence-corrected chi connectivity index (χ0v) is 12.1. The summed E-state index contributed by atoms with van der Waals surface area (Å²) in [6, 6.07) is 3.61. The molecule has 106 valence electrons. The SMILES string of the molecule is CNC(C)(C)C(=O)Nc1cccnc1-n1ccnc1C. The highest BCUT2D eigenvalue weighted by molar-refractivity contribution is 5.98. The van der Waals surface area contributed by atoms with Crippen LogP contribution in [0.25, 0.3) is 5.82 Å². The largest absolute Gasteiger partial charge is 0.321 e. The van der Waals surface area contributed by atoms with Gasteiger partial charge in [-0.1, -0.05) is 0 Å². The second-order valence-corrected chi connectivity index (χ2v) is 5.05. The monoisotopic (exact) mass is 273 g/mol. The summed E-state index contributed by atoms with van der Waals surface area (Å²) in [6.45, 7) is 5.53. The van der Waals surface area contributed by atoms with Crippen molar-refractivity contribution < 1.29 is 4.79 Å². The van der Waals surface area contributed by atoms with E-state index >= 15 is 0 Å². The summed E-state index contributed by atoms with van der Waals surface area (Å²) in [6.07, 6.45) is 5.21. The molecule has 6 heteroatoms. The predicted molar refractivity (Wildman–Crippen MR) is 77.9 cm³/mol. The van der Waals surface area contributed by atoms with Gasteiger partial charge in [0.25, 0.3) is 0 Å². The van der Waals surface area contributed by atoms with Gasteiger partial charge in [-0.25, -0.2) is 9.97 Å². The predicted octanol–water partition coefficient (Wildman–Crippen LogP) is 1.51. The van der Waals surface area contributed by atoms with E-state index in [1.165, 1.54) is 0 Å². The van der Waals surface area contributed by atoms with Gasteiger partial charge in [0.15, 0.2) is 5.82 Å². The Bertz CT molecular complexity index is 618. The van der Waals surface area contributed by atoms with Crippen LogP contribution in [-0.2, 0) is 4.79 Å². The quantitative estimate of drug-likeness (QED) is 0.885. The topological polar surface area (TPSA) is 71.8 Å². The molecule has 0 aliphatic heterocycles. The molecule has 0 aromatic carbocycles. The molecule has 0 saturated carbocycles. The lowest BCUT2D eigenvalue weighted by Gasteiger charge is -2.23. The van der Waals surface area contributed by atoms with Crippen LogP contribution in [0, 0.1) is 6.92 Å². The van der Waals surface area contributed by atoms with Crippen LogP contribution in [0.2, 0.25) is 0 Å². The molecule has 20 heavy (non-hydrogen) atoms. The minimum atomic E-state index is -0.656. The summed E-state index contributed by atoms with van der Waals surface area (Å²) in [7, 11) is 1.75. The van der Waals surface area contributed by atoms with Gasteiger partial charge < -0.3 is 10.6 Å². The lowest BCUT2D eigenvalue weighted by Crippen LogP contribution is -2.48. The lowest BCUT2D eigenvalue weighted by atomic mass is 10.1. The van der Waals surface area contributed by atoms with Gasteiger partial charge in [-0.3, -0.25) is 9.36 Å². The van der Waals surface area contributed by atoms with E-state index < -0.39 is 5.54 Å². The fourth-order valence-electron chi connectivity index (χ4n) is 1.68. The van der Waals surface area contributed by atoms with E-state index in [9.17, 15) is 4.79 Å². The maximum Gasteiger partial charge on any atom is 0.244 e. The summed E-state index contributed by atoms with van der Waals surface area (Å²) in [5, 5.41) is 5.88. The number of pyridine rings is 1. The van der Waals surface area contributed by atoms with Gasteiger partial charge in [-0.15, -0.1) is 0 Å². The second kappa shape index (κ2) is 5.42. The number of hydrogen-bond donors (Lipinski definition) is 2. The molecule has 2 aromatic rings. The summed E-state index contributed by atoms with van der Waals surface area (Å²) in [4.78, 5) is 20.8. The van der Waals surface area contributed by atoms with Gasteiger partial charge in [0.05, 0.1) is 11.2 Å². The third-order valence-corrected chi connectivity index (χ3v) is 3.28. The van der Waals surface area contributed by atoms with Crippen LogP contribution < -0.4 is 10.6 Å². The van der Waals surface area contributed by atoms with E-state index in [2.05, 4.69) is 20.6 Å². The number of anilines is 1. The number of carbonyl (C=O) groups is 1. The van der Waals surface area contributed by atoms with Crippen molar-refractivity contribution in [2.75, 3.05) is 12.4 Å². The van der Waals surface area contributed by atoms with E-state index in [0.717, 1.165) is 5.82 Å². The van der Waals surface area contributed by atoms with Crippen LogP contribution in [0.1, 0.15) is 19.7 Å². The molecule has 0 aliphatic carbocycles. The first-order chi connectivity index (χ1) is 9.45. The van der Waals surface area contributed by atoms with Gasteiger partial charge in [-0.05, 0) is 40.0 Å². The highest BCUT2D eigenvalue weighted by Gasteiger charge is 2.26. The van der Waals surface area contributed by atoms with Crippen LogP contribution in [0.3, 0.4) is 0 Å². The molecule has 2 N–H and O–H groups in total. The molecule has 1 amide bonds. The Kier molecular flexibility index (Phi) is 3.85. The minimum absolute atomic E-state index is 0.119. The number of nitrogens with one attached hydrogen (secondary N) is 2. The number of imidazole rings is 1. The molecular weight excluding hydrogens is 254 g/mol. The highest BCUT2D eigenvalue weighted by Crippen LogP contribution is 2.19. The number of rotatable bonds is 4. The number of hydrogen-bond acceptors (Lipinski definition) is 4. The number of aromatic nitrogens is 3. The van der Waals surface area contributed by atoms with Crippen molar-refractivity contribution in [1.82, 2.24) is 19.9 Å². The average molecular weight is 273 g/mol. The normalized spacial score (nSPS) is 11.4. The van der Waals surface area contributed by atoms with E-state index in [0.29, 0.717) is 11.5 Å². The van der Waals surface area contributed by atoms with E-state index in [4.69, 9.17) is 0 Å². The van der Waals surface area contributed by atoms with Gasteiger partial charge in [0, 0.05) is 18.6 Å². The van der Waals surface area contributed by atoms with Crippen LogP contribution in [-0.4, -0.2) is 33.0 Å². The smallest absolute Gasteiger partial charge is 0.244 e. The Morgan fingerprint density at radius 3 is 2.65 bits per heavy atom. The molecular formula is C14H19N5O. The fourth-order valence-corrected chi connectivity index (χ4v) is 1.68. The molecule has 0 radical (unpaired) electrons. The number of likely N-dealkylation sites (N-methyl/N-ethyl adjacent to an activating group) is 1. The Labute approximate surface area is 118 Å². The lowest BCUT2D eigenvalue weighted by molar-refractivity contribution is -0.121. The molecule has 0 saturated heterocycles. The van der Waals surface area contributed by atoms with Gasteiger partial charge in [0.2, 0.25) is 5.91 Å². The molecule has 6 nitrogen and oxygen atoms in total. The molecule has 2 rings (SSSR count). The number of carbonyl (C=O) groups excluding carboxylic acids is 1. The summed E-state index contributed by atoms with van der Waals surface area (Å²) >= 11 is 0. The molecule has 0 spiro atoms. The van der Waals surface area contributed by atoms with E-state index in [1.807, 2.05) is 37.6 Å². The van der Waals surface area contributed by atoms with Gasteiger partial charge in [0.1, 0.15) is 5.82 Å². The standard InChI is InChI=1S/C14H19N5O/c1-10-16-8-9-19(10)12-11(6-5-7-17-12)18-13(20)14(2,3)15-4/h5-9,15H,1-4H3,(H,18,20). The Morgan fingerprint density at radius 1 is 1.30 bits per heavy atom. The summed E-state index contributed by atoms with van der Waals surface area (Å²) < 4.78 is 1.84. The van der Waals surface area contributed by atoms with E-state index in [1.54, 1.807) is 25.5 Å². The van der Waals surface area contributed by atoms with Crippen molar-refractivity contribution in [2.45, 2.75) is 26.3 Å². The maximum atomic E-state index is 12.2. The van der Waals surface area contributed by atoms with Crippen molar-refractivity contribution >= 4 is 11.6 Å². The zero-order valence-electron chi connectivity index (χ0n) is 12.1. The molecule has 0 aliphatic rings. The minimum Gasteiger partial charge on any atom is -0.321 e. The van der Waals surface area contributed by atoms with Gasteiger partial charge >= 0.3 is 0 Å². The van der Waals surface area contributed by atoms with Crippen LogP contribution in [0.15, 0.2) is 30.7 Å². The summed E-state index contributed by atoms with van der Waals surface area (Å²) in [5.41, 5.74) is -0.00110. The van der Waals surface area contributed by atoms with Crippen molar-refractivity contribution in [3.63, 3.8) is 0 Å². The Morgan fingerprint density at radius 2 is 2.05 bits per heavy atom. The van der Waals surface area contributed by atoms with Crippen LogP contribution >= 0.6 is 0 Å². The zero-order chi connectivity index (χ0) is 14.8. The second-order valence-electron chi connectivity index (χ2n) is 5.05. The van der Waals surface area contributed by atoms with E-state index in [-0.39, 0.29) is 5.91 Å². The molecule has 0 bridgehead atoms. The molecule has 2 aromatic heterocycles. The number of amides is 1. The molecule has 0 unspecified atom stereocenters. The first kappa shape index (κ1) is 14.2. The highest BCUT2D eigenvalue weighted by atomic mass is 16.2. The summed E-state index contributed by atoms with van der Waals surface area (Å²) in [5.74, 6) is 1.35. The molecule has 0 fully saturated rings. The third kappa shape index (κ3) is 2.70. The molecule has 0 atom stereocenters. The fraction of sp³-hybridized carbons (Fsp3) is 0.357. The van der Waals surface area contributed by atoms with Crippen molar-refractivity contribution in [3.05, 3.63) is 36.5 Å². The van der Waals surface area contributed by atoms with Crippen LogP contribution in [0.5, 0.6) is 0 Å².